The average molecular weight is 232 g/mol. The van der Waals surface area contributed by atoms with Crippen LogP contribution in [0.25, 0.3) is 0 Å². The van der Waals surface area contributed by atoms with Gasteiger partial charge in [-0.2, -0.15) is 0 Å². The quantitative estimate of drug-likeness (QED) is 0.552. The Kier molecular flexibility index (Phi) is 4.38. The minimum Gasteiger partial charge on any atom is -0.460 e. The SMILES string of the molecule is C=C(C)C(=O)OCC1(C)SCCCS1. The van der Waals surface area contributed by atoms with Gasteiger partial charge in [-0.1, -0.05) is 6.58 Å². The van der Waals surface area contributed by atoms with E-state index in [9.17, 15) is 4.79 Å². The normalized spacial score (nSPS) is 20.1. The molecule has 1 rings (SSSR count). The largest absolute Gasteiger partial charge is 0.460 e. The Morgan fingerprint density at radius 3 is 2.57 bits per heavy atom. The molecular formula is C10H16O2S2. The summed E-state index contributed by atoms with van der Waals surface area (Å²) in [4.78, 5) is 11.2. The molecule has 0 aliphatic carbocycles. The van der Waals surface area contributed by atoms with Crippen molar-refractivity contribution in [2.75, 3.05) is 18.1 Å². The van der Waals surface area contributed by atoms with Crippen molar-refractivity contribution in [2.45, 2.75) is 24.3 Å². The highest BCUT2D eigenvalue weighted by molar-refractivity contribution is 8.18. The molecule has 0 unspecified atom stereocenters. The van der Waals surface area contributed by atoms with Crippen LogP contribution in [0, 0.1) is 0 Å². The number of rotatable bonds is 3. The van der Waals surface area contributed by atoms with Crippen LogP contribution in [0.5, 0.6) is 0 Å². The van der Waals surface area contributed by atoms with Crippen molar-refractivity contribution in [1.82, 2.24) is 0 Å². The molecule has 0 radical (unpaired) electrons. The predicted molar refractivity (Wildman–Crippen MR) is 63.7 cm³/mol. The molecule has 1 heterocycles. The van der Waals surface area contributed by atoms with Gasteiger partial charge in [0.1, 0.15) is 6.61 Å². The molecule has 0 aromatic rings. The molecule has 80 valence electrons. The van der Waals surface area contributed by atoms with E-state index in [0.29, 0.717) is 12.2 Å². The van der Waals surface area contributed by atoms with Gasteiger partial charge in [0.15, 0.2) is 0 Å². The lowest BCUT2D eigenvalue weighted by Gasteiger charge is -2.31. The maximum absolute atomic E-state index is 11.2. The van der Waals surface area contributed by atoms with Crippen molar-refractivity contribution >= 4 is 29.5 Å². The second kappa shape index (κ2) is 5.12. The Bertz CT molecular complexity index is 232. The highest BCUT2D eigenvalue weighted by atomic mass is 32.2. The number of carbonyl (C=O) groups is 1. The van der Waals surface area contributed by atoms with Crippen LogP contribution in [0.3, 0.4) is 0 Å². The van der Waals surface area contributed by atoms with Gasteiger partial charge in [0.25, 0.3) is 0 Å². The standard InChI is InChI=1S/C10H16O2S2/c1-8(2)9(11)12-7-10(3)13-5-4-6-14-10/h1,4-7H2,2-3H3. The van der Waals surface area contributed by atoms with Crippen LogP contribution in [-0.4, -0.2) is 28.2 Å². The van der Waals surface area contributed by atoms with Gasteiger partial charge in [-0.3, -0.25) is 0 Å². The lowest BCUT2D eigenvalue weighted by molar-refractivity contribution is -0.139. The number of thioether (sulfide) groups is 2. The summed E-state index contributed by atoms with van der Waals surface area (Å²) in [5.41, 5.74) is 0.472. The molecule has 0 aromatic heterocycles. The second-order valence-electron chi connectivity index (χ2n) is 3.54. The fraction of sp³-hybridized carbons (Fsp3) is 0.700. The Morgan fingerprint density at radius 1 is 1.50 bits per heavy atom. The van der Waals surface area contributed by atoms with Crippen molar-refractivity contribution < 1.29 is 9.53 Å². The lowest BCUT2D eigenvalue weighted by Crippen LogP contribution is -2.28. The monoisotopic (exact) mass is 232 g/mol. The molecule has 1 aliphatic heterocycles. The molecule has 0 amide bonds. The highest BCUT2D eigenvalue weighted by Crippen LogP contribution is 2.41. The summed E-state index contributed by atoms with van der Waals surface area (Å²) in [6.07, 6.45) is 1.25. The zero-order valence-electron chi connectivity index (χ0n) is 8.67. The first-order valence-electron chi connectivity index (χ1n) is 4.64. The van der Waals surface area contributed by atoms with Crippen LogP contribution >= 0.6 is 23.5 Å². The van der Waals surface area contributed by atoms with E-state index in [0.717, 1.165) is 11.5 Å². The van der Waals surface area contributed by atoms with Gasteiger partial charge in [0, 0.05) is 5.57 Å². The third-order valence-corrected chi connectivity index (χ3v) is 5.07. The fourth-order valence-corrected chi connectivity index (χ4v) is 3.82. The van der Waals surface area contributed by atoms with Gasteiger partial charge in [0.05, 0.1) is 4.08 Å². The molecule has 0 atom stereocenters. The minimum atomic E-state index is -0.280. The van der Waals surface area contributed by atoms with Crippen molar-refractivity contribution in [3.05, 3.63) is 12.2 Å². The van der Waals surface area contributed by atoms with E-state index in [1.165, 1.54) is 6.42 Å². The molecule has 0 bridgehead atoms. The Balaban J connectivity index is 2.35. The van der Waals surface area contributed by atoms with Gasteiger partial charge in [-0.05, 0) is 31.8 Å². The van der Waals surface area contributed by atoms with Gasteiger partial charge in [-0.25, -0.2) is 4.79 Å². The van der Waals surface area contributed by atoms with Crippen molar-refractivity contribution in [3.8, 4) is 0 Å². The average Bonchev–Trinajstić information content (AvgIpc) is 2.15. The van der Waals surface area contributed by atoms with Crippen LogP contribution in [0.2, 0.25) is 0 Å². The van der Waals surface area contributed by atoms with E-state index >= 15 is 0 Å². The van der Waals surface area contributed by atoms with E-state index in [2.05, 4.69) is 13.5 Å². The number of hydrogen-bond acceptors (Lipinski definition) is 4. The van der Waals surface area contributed by atoms with E-state index in [4.69, 9.17) is 4.74 Å². The van der Waals surface area contributed by atoms with Crippen molar-refractivity contribution in [2.24, 2.45) is 0 Å². The number of carbonyl (C=O) groups excluding carboxylic acids is 1. The lowest BCUT2D eigenvalue weighted by atomic mass is 10.4. The minimum absolute atomic E-state index is 0.0450. The Morgan fingerprint density at radius 2 is 2.07 bits per heavy atom. The highest BCUT2D eigenvalue weighted by Gasteiger charge is 2.29. The van der Waals surface area contributed by atoms with E-state index in [-0.39, 0.29) is 10.0 Å². The number of hydrogen-bond donors (Lipinski definition) is 0. The number of ether oxygens (including phenoxy) is 1. The number of esters is 1. The first-order chi connectivity index (χ1) is 6.53. The molecule has 1 saturated heterocycles. The van der Waals surface area contributed by atoms with E-state index < -0.39 is 0 Å². The summed E-state index contributed by atoms with van der Waals surface area (Å²) >= 11 is 3.75. The van der Waals surface area contributed by atoms with Gasteiger partial charge >= 0.3 is 5.97 Å². The third kappa shape index (κ3) is 3.58. The molecule has 14 heavy (non-hydrogen) atoms. The molecule has 2 nitrogen and oxygen atoms in total. The predicted octanol–water partition coefficient (Wildman–Crippen LogP) is 2.69. The van der Waals surface area contributed by atoms with Crippen molar-refractivity contribution in [3.63, 3.8) is 0 Å². The molecule has 0 spiro atoms. The summed E-state index contributed by atoms with van der Waals surface area (Å²) in [6.45, 7) is 7.84. The van der Waals surface area contributed by atoms with Gasteiger partial charge in [-0.15, -0.1) is 23.5 Å². The molecule has 0 saturated carbocycles. The molecule has 0 N–H and O–H groups in total. The molecule has 0 aromatic carbocycles. The Labute approximate surface area is 93.8 Å². The molecular weight excluding hydrogens is 216 g/mol. The molecule has 1 aliphatic rings. The van der Waals surface area contributed by atoms with Crippen LogP contribution < -0.4 is 0 Å². The zero-order chi connectivity index (χ0) is 10.6. The zero-order valence-corrected chi connectivity index (χ0v) is 10.3. The van der Waals surface area contributed by atoms with E-state index in [1.807, 2.05) is 23.5 Å². The summed E-state index contributed by atoms with van der Waals surface area (Å²) in [5.74, 6) is 2.04. The van der Waals surface area contributed by atoms with Crippen LogP contribution in [0.15, 0.2) is 12.2 Å². The summed E-state index contributed by atoms with van der Waals surface area (Å²) in [7, 11) is 0. The Hall–Kier alpha value is -0.0900. The maximum Gasteiger partial charge on any atom is 0.333 e. The van der Waals surface area contributed by atoms with Crippen LogP contribution in [0.1, 0.15) is 20.3 Å². The topological polar surface area (TPSA) is 26.3 Å². The maximum atomic E-state index is 11.2. The van der Waals surface area contributed by atoms with Crippen LogP contribution in [0.4, 0.5) is 0 Å². The summed E-state index contributed by atoms with van der Waals surface area (Å²) < 4.78 is 5.21. The first kappa shape index (κ1) is 12.0. The second-order valence-corrected chi connectivity index (χ2v) is 7.00. The first-order valence-corrected chi connectivity index (χ1v) is 6.61. The smallest absolute Gasteiger partial charge is 0.333 e. The summed E-state index contributed by atoms with van der Waals surface area (Å²) in [5, 5.41) is 0. The molecule has 4 heteroatoms. The fourth-order valence-electron chi connectivity index (χ4n) is 1.08. The van der Waals surface area contributed by atoms with E-state index in [1.54, 1.807) is 6.92 Å². The van der Waals surface area contributed by atoms with Gasteiger partial charge in [0.2, 0.25) is 0 Å². The van der Waals surface area contributed by atoms with Crippen LogP contribution in [-0.2, 0) is 9.53 Å². The third-order valence-electron chi connectivity index (χ3n) is 1.92. The summed E-state index contributed by atoms with van der Waals surface area (Å²) in [6, 6.07) is 0. The van der Waals surface area contributed by atoms with Crippen molar-refractivity contribution in [1.29, 1.82) is 0 Å². The van der Waals surface area contributed by atoms with Gasteiger partial charge < -0.3 is 4.74 Å². The molecule has 1 fully saturated rings.